The molecule has 1 heterocycles. The topological polar surface area (TPSA) is 91.4 Å². The van der Waals surface area contributed by atoms with Crippen LogP contribution in [0.25, 0.3) is 6.08 Å². The Morgan fingerprint density at radius 2 is 1.83 bits per heavy atom. The molecule has 0 bridgehead atoms. The van der Waals surface area contributed by atoms with Crippen LogP contribution in [0.3, 0.4) is 0 Å². The molecule has 2 amide bonds. The van der Waals surface area contributed by atoms with Crippen LogP contribution >= 0.6 is 11.8 Å². The van der Waals surface area contributed by atoms with Crippen LogP contribution in [-0.2, 0) is 14.3 Å². The highest BCUT2D eigenvalue weighted by Gasteiger charge is 2.35. The molecule has 0 aliphatic carbocycles. The number of aryl methyl sites for hydroxylation is 1. The van der Waals surface area contributed by atoms with Gasteiger partial charge >= 0.3 is 5.97 Å². The lowest BCUT2D eigenvalue weighted by Gasteiger charge is -2.17. The molecule has 1 fully saturated rings. The van der Waals surface area contributed by atoms with Crippen LogP contribution in [0.15, 0.2) is 41.3 Å². The van der Waals surface area contributed by atoms with Gasteiger partial charge in [-0.15, -0.1) is 0 Å². The Hall–Kier alpha value is -3.46. The molecule has 0 unspecified atom stereocenters. The summed E-state index contributed by atoms with van der Waals surface area (Å²) in [6.07, 6.45) is 1.61. The van der Waals surface area contributed by atoms with E-state index in [0.717, 1.165) is 28.6 Å². The highest BCUT2D eigenvalue weighted by Crippen LogP contribution is 2.35. The quantitative estimate of drug-likeness (QED) is 0.300. The minimum Gasteiger partial charge on any atom is -0.493 e. The Balaban J connectivity index is 1.68. The molecule has 2 aromatic rings. The summed E-state index contributed by atoms with van der Waals surface area (Å²) < 4.78 is 21.6. The number of methoxy groups -OCH3 is 1. The van der Waals surface area contributed by atoms with E-state index in [1.165, 1.54) is 12.0 Å². The summed E-state index contributed by atoms with van der Waals surface area (Å²) in [6, 6.07) is 11.1. The van der Waals surface area contributed by atoms with Crippen molar-refractivity contribution < 1.29 is 33.3 Å². The van der Waals surface area contributed by atoms with Crippen LogP contribution in [0.1, 0.15) is 43.4 Å². The average molecular weight is 514 g/mol. The number of hydrogen-bond donors (Lipinski definition) is 0. The predicted molar refractivity (Wildman–Crippen MR) is 139 cm³/mol. The molecule has 3 rings (SSSR count). The van der Waals surface area contributed by atoms with Gasteiger partial charge in [-0.1, -0.05) is 32.0 Å². The van der Waals surface area contributed by atoms with Gasteiger partial charge in [0.1, 0.15) is 12.4 Å². The number of imide groups is 1. The number of benzene rings is 2. The molecule has 0 radical (unpaired) electrons. The molecule has 36 heavy (non-hydrogen) atoms. The number of nitrogens with zero attached hydrogens (tertiary/aromatic N) is 1. The van der Waals surface area contributed by atoms with E-state index < -0.39 is 5.97 Å². The standard InChI is InChI=1S/C27H31NO7S/c1-6-33-25(29)16-35-23-14-19(8-10-21(23)32-5)15-24-26(30)28(27(31)36-24)11-12-34-22-13-18(4)7-9-20(22)17(2)3/h7-10,13-15,17H,6,11-12,16H2,1-5H3/b24-15-. The van der Waals surface area contributed by atoms with Gasteiger partial charge in [-0.3, -0.25) is 14.5 Å². The second-order valence-corrected chi connectivity index (χ2v) is 9.37. The molecule has 8 nitrogen and oxygen atoms in total. The molecule has 2 aromatic carbocycles. The SMILES string of the molecule is CCOC(=O)COc1cc(/C=C2\SC(=O)N(CCOc3cc(C)ccc3C(C)C)C2=O)ccc1OC. The molecule has 0 saturated carbocycles. The second-order valence-electron chi connectivity index (χ2n) is 8.38. The summed E-state index contributed by atoms with van der Waals surface area (Å²) in [6.45, 7) is 8.20. The van der Waals surface area contributed by atoms with E-state index in [4.69, 9.17) is 18.9 Å². The Bertz CT molecular complexity index is 1160. The van der Waals surface area contributed by atoms with Crippen LogP contribution in [0.5, 0.6) is 17.2 Å². The lowest BCUT2D eigenvalue weighted by molar-refractivity contribution is -0.145. The first-order valence-corrected chi connectivity index (χ1v) is 12.5. The van der Waals surface area contributed by atoms with Crippen LogP contribution in [-0.4, -0.2) is 55.5 Å². The van der Waals surface area contributed by atoms with Crippen molar-refractivity contribution in [3.05, 3.63) is 58.0 Å². The highest BCUT2D eigenvalue weighted by atomic mass is 32.2. The van der Waals surface area contributed by atoms with Gasteiger partial charge in [-0.2, -0.15) is 0 Å². The fraction of sp³-hybridized carbons (Fsp3) is 0.370. The van der Waals surface area contributed by atoms with E-state index in [1.54, 1.807) is 31.2 Å². The molecule has 1 aliphatic rings. The number of carbonyl (C=O) groups excluding carboxylic acids is 3. The van der Waals surface area contributed by atoms with Crippen molar-refractivity contribution in [1.82, 2.24) is 4.90 Å². The third-order valence-corrected chi connectivity index (χ3v) is 6.28. The summed E-state index contributed by atoms with van der Waals surface area (Å²) in [4.78, 5) is 38.6. The summed E-state index contributed by atoms with van der Waals surface area (Å²) in [5.41, 5.74) is 2.78. The number of carbonyl (C=O) groups is 3. The van der Waals surface area contributed by atoms with Crippen molar-refractivity contribution in [2.45, 2.75) is 33.6 Å². The Kier molecular flexibility index (Phi) is 9.41. The Morgan fingerprint density at radius 3 is 2.53 bits per heavy atom. The second kappa shape index (κ2) is 12.5. The third kappa shape index (κ3) is 6.81. The first kappa shape index (κ1) is 27.1. The maximum atomic E-state index is 12.9. The first-order chi connectivity index (χ1) is 17.2. The maximum absolute atomic E-state index is 12.9. The van der Waals surface area contributed by atoms with Gasteiger partial charge in [0.25, 0.3) is 11.1 Å². The van der Waals surface area contributed by atoms with Crippen molar-refractivity contribution in [3.63, 3.8) is 0 Å². The fourth-order valence-corrected chi connectivity index (χ4v) is 4.43. The lowest BCUT2D eigenvalue weighted by atomic mass is 10.0. The van der Waals surface area contributed by atoms with E-state index in [-0.39, 0.29) is 43.4 Å². The van der Waals surface area contributed by atoms with Gasteiger partial charge in [-0.05, 0) is 72.5 Å². The largest absolute Gasteiger partial charge is 0.493 e. The molecular formula is C27H31NO7S. The predicted octanol–water partition coefficient (Wildman–Crippen LogP) is 5.18. The highest BCUT2D eigenvalue weighted by molar-refractivity contribution is 8.18. The molecular weight excluding hydrogens is 482 g/mol. The van der Waals surface area contributed by atoms with E-state index in [1.807, 2.05) is 25.1 Å². The number of esters is 1. The molecule has 0 N–H and O–H groups in total. The molecule has 1 aliphatic heterocycles. The van der Waals surface area contributed by atoms with Crippen molar-refractivity contribution in [2.75, 3.05) is 33.5 Å². The third-order valence-electron chi connectivity index (χ3n) is 5.37. The lowest BCUT2D eigenvalue weighted by Crippen LogP contribution is -2.32. The summed E-state index contributed by atoms with van der Waals surface area (Å²) in [5.74, 6) is 0.924. The summed E-state index contributed by atoms with van der Waals surface area (Å²) in [5, 5.41) is -0.351. The number of ether oxygens (including phenoxy) is 4. The van der Waals surface area contributed by atoms with E-state index in [2.05, 4.69) is 13.8 Å². The van der Waals surface area contributed by atoms with E-state index in [0.29, 0.717) is 22.0 Å². The van der Waals surface area contributed by atoms with Crippen molar-refractivity contribution in [3.8, 4) is 17.2 Å². The van der Waals surface area contributed by atoms with Crippen molar-refractivity contribution in [1.29, 1.82) is 0 Å². The van der Waals surface area contributed by atoms with Gasteiger partial charge < -0.3 is 18.9 Å². The summed E-state index contributed by atoms with van der Waals surface area (Å²) in [7, 11) is 1.49. The molecule has 192 valence electrons. The fourth-order valence-electron chi connectivity index (χ4n) is 3.57. The Labute approximate surface area is 215 Å². The molecule has 9 heteroatoms. The molecule has 0 spiro atoms. The number of rotatable bonds is 11. The zero-order valence-corrected chi connectivity index (χ0v) is 22.0. The first-order valence-electron chi connectivity index (χ1n) is 11.7. The van der Waals surface area contributed by atoms with Crippen LogP contribution < -0.4 is 14.2 Å². The minimum absolute atomic E-state index is 0.143. The molecule has 0 atom stereocenters. The van der Waals surface area contributed by atoms with E-state index in [9.17, 15) is 14.4 Å². The van der Waals surface area contributed by atoms with Gasteiger partial charge in [0.05, 0.1) is 25.2 Å². The van der Waals surface area contributed by atoms with Gasteiger partial charge in [0, 0.05) is 0 Å². The Morgan fingerprint density at radius 1 is 1.06 bits per heavy atom. The number of hydrogen-bond acceptors (Lipinski definition) is 8. The van der Waals surface area contributed by atoms with Crippen molar-refractivity contribution >= 4 is 35.0 Å². The molecule has 1 saturated heterocycles. The van der Waals surface area contributed by atoms with Crippen LogP contribution in [0.2, 0.25) is 0 Å². The average Bonchev–Trinajstić information content (AvgIpc) is 3.10. The smallest absolute Gasteiger partial charge is 0.344 e. The summed E-state index contributed by atoms with van der Waals surface area (Å²) >= 11 is 0.871. The van der Waals surface area contributed by atoms with E-state index >= 15 is 0 Å². The van der Waals surface area contributed by atoms with Gasteiger partial charge in [0.2, 0.25) is 0 Å². The number of thioether (sulfide) groups is 1. The van der Waals surface area contributed by atoms with Crippen molar-refractivity contribution in [2.24, 2.45) is 0 Å². The number of amides is 2. The monoisotopic (exact) mass is 513 g/mol. The molecule has 0 aromatic heterocycles. The maximum Gasteiger partial charge on any atom is 0.344 e. The normalized spacial score (nSPS) is 14.5. The van der Waals surface area contributed by atoms with Crippen LogP contribution in [0, 0.1) is 6.92 Å². The zero-order valence-electron chi connectivity index (χ0n) is 21.2. The zero-order chi connectivity index (χ0) is 26.2. The van der Waals surface area contributed by atoms with Gasteiger partial charge in [0.15, 0.2) is 18.1 Å². The van der Waals surface area contributed by atoms with Gasteiger partial charge in [-0.25, -0.2) is 4.79 Å². The minimum atomic E-state index is -0.500. The van der Waals surface area contributed by atoms with Crippen LogP contribution in [0.4, 0.5) is 4.79 Å².